The standard InChI is InChI=1S/C11H16N5O5P/c1-2-6-7(21-22(17,18)19)3-8(20-6)16-5-15-9-10(12)13-4-14-11(9)16/h4-8H,2-3H2,1H3,(H2,12,13,14)(H2,17,18,19). The summed E-state index contributed by atoms with van der Waals surface area (Å²) < 4.78 is 23.4. The summed E-state index contributed by atoms with van der Waals surface area (Å²) in [5.74, 6) is 0.261. The summed E-state index contributed by atoms with van der Waals surface area (Å²) in [6.07, 6.45) is 2.07. The molecule has 0 radical (unpaired) electrons. The highest BCUT2D eigenvalue weighted by Crippen LogP contribution is 2.44. The molecule has 1 saturated heterocycles. The summed E-state index contributed by atoms with van der Waals surface area (Å²) in [7, 11) is -4.58. The first-order valence-corrected chi connectivity index (χ1v) is 8.24. The van der Waals surface area contributed by atoms with Crippen LogP contribution in [0.3, 0.4) is 0 Å². The summed E-state index contributed by atoms with van der Waals surface area (Å²) in [6, 6.07) is 0. The van der Waals surface area contributed by atoms with Crippen LogP contribution in [0.2, 0.25) is 0 Å². The maximum absolute atomic E-state index is 11.1. The van der Waals surface area contributed by atoms with Gasteiger partial charge in [-0.1, -0.05) is 6.92 Å². The zero-order valence-corrected chi connectivity index (χ0v) is 12.6. The Kier molecular flexibility index (Phi) is 3.87. The Hall–Kier alpha value is -1.58. The molecule has 0 aliphatic carbocycles. The Balaban J connectivity index is 1.89. The third kappa shape index (κ3) is 2.83. The SMILES string of the molecule is CCC1OC(n2cnc3c(N)ncnc32)CC1OP(=O)(O)O. The minimum atomic E-state index is -4.58. The molecule has 2 aromatic rings. The van der Waals surface area contributed by atoms with Crippen molar-refractivity contribution in [3.05, 3.63) is 12.7 Å². The molecule has 120 valence electrons. The first-order chi connectivity index (χ1) is 10.4. The minimum absolute atomic E-state index is 0.261. The van der Waals surface area contributed by atoms with E-state index in [1.807, 2.05) is 6.92 Å². The number of anilines is 1. The Labute approximate surface area is 125 Å². The normalized spacial score (nSPS) is 25.9. The summed E-state index contributed by atoms with van der Waals surface area (Å²) in [5, 5.41) is 0. The zero-order valence-electron chi connectivity index (χ0n) is 11.7. The molecule has 1 aliphatic heterocycles. The maximum Gasteiger partial charge on any atom is 0.469 e. The van der Waals surface area contributed by atoms with Crippen molar-refractivity contribution in [2.24, 2.45) is 0 Å². The molecule has 2 aromatic heterocycles. The second-order valence-electron chi connectivity index (χ2n) is 4.99. The molecule has 10 nitrogen and oxygen atoms in total. The number of rotatable bonds is 4. The number of fused-ring (bicyclic) bond motifs is 1. The molecule has 4 N–H and O–H groups in total. The van der Waals surface area contributed by atoms with Crippen LogP contribution >= 0.6 is 7.82 Å². The Morgan fingerprint density at radius 3 is 2.95 bits per heavy atom. The van der Waals surface area contributed by atoms with Gasteiger partial charge in [0.05, 0.1) is 18.5 Å². The number of phosphoric ester groups is 1. The van der Waals surface area contributed by atoms with Crippen molar-refractivity contribution in [1.29, 1.82) is 0 Å². The summed E-state index contributed by atoms with van der Waals surface area (Å²) in [5.41, 5.74) is 6.70. The van der Waals surface area contributed by atoms with Gasteiger partial charge in [0.1, 0.15) is 18.1 Å². The number of aromatic nitrogens is 4. The van der Waals surface area contributed by atoms with Crippen molar-refractivity contribution < 1.29 is 23.6 Å². The van der Waals surface area contributed by atoms with Crippen LogP contribution in [0.15, 0.2) is 12.7 Å². The summed E-state index contributed by atoms with van der Waals surface area (Å²) in [6.45, 7) is 1.86. The maximum atomic E-state index is 11.1. The highest BCUT2D eigenvalue weighted by Gasteiger charge is 2.40. The molecule has 0 amide bonds. The van der Waals surface area contributed by atoms with Crippen molar-refractivity contribution in [3.8, 4) is 0 Å². The van der Waals surface area contributed by atoms with Crippen LogP contribution < -0.4 is 5.73 Å². The molecule has 0 aromatic carbocycles. The molecule has 11 heteroatoms. The van der Waals surface area contributed by atoms with Crippen molar-refractivity contribution in [3.63, 3.8) is 0 Å². The predicted molar refractivity (Wildman–Crippen MR) is 75.5 cm³/mol. The Morgan fingerprint density at radius 2 is 2.27 bits per heavy atom. The van der Waals surface area contributed by atoms with Gasteiger partial charge in [0, 0.05) is 6.42 Å². The number of nitrogen functional groups attached to an aromatic ring is 1. The van der Waals surface area contributed by atoms with Gasteiger partial charge in [-0.25, -0.2) is 19.5 Å². The van der Waals surface area contributed by atoms with Gasteiger partial charge >= 0.3 is 7.82 Å². The smallest absolute Gasteiger partial charge is 0.382 e. The Bertz CT molecular complexity index is 731. The van der Waals surface area contributed by atoms with Gasteiger partial charge < -0.3 is 20.3 Å². The van der Waals surface area contributed by atoms with E-state index in [0.29, 0.717) is 17.6 Å². The number of nitrogens with zero attached hydrogens (tertiary/aromatic N) is 4. The van der Waals surface area contributed by atoms with Gasteiger partial charge in [0.15, 0.2) is 11.5 Å². The van der Waals surface area contributed by atoms with Crippen LogP contribution in [0.1, 0.15) is 26.0 Å². The first kappa shape index (κ1) is 15.3. The fourth-order valence-electron chi connectivity index (χ4n) is 2.60. The lowest BCUT2D eigenvalue weighted by atomic mass is 10.1. The first-order valence-electron chi connectivity index (χ1n) is 6.71. The summed E-state index contributed by atoms with van der Waals surface area (Å²) in [4.78, 5) is 30.1. The monoisotopic (exact) mass is 329 g/mol. The molecule has 22 heavy (non-hydrogen) atoms. The van der Waals surface area contributed by atoms with Crippen molar-refractivity contribution in [1.82, 2.24) is 19.5 Å². The molecule has 3 atom stereocenters. The molecular formula is C11H16N5O5P. The predicted octanol–water partition coefficient (Wildman–Crippen LogP) is 0.584. The van der Waals surface area contributed by atoms with E-state index < -0.39 is 26.3 Å². The van der Waals surface area contributed by atoms with Crippen molar-refractivity contribution >= 4 is 24.8 Å². The Morgan fingerprint density at radius 1 is 1.50 bits per heavy atom. The van der Waals surface area contributed by atoms with E-state index in [2.05, 4.69) is 15.0 Å². The molecule has 0 saturated carbocycles. The van der Waals surface area contributed by atoms with Crippen molar-refractivity contribution in [2.45, 2.75) is 38.2 Å². The van der Waals surface area contributed by atoms with E-state index in [4.69, 9.17) is 24.8 Å². The van der Waals surface area contributed by atoms with E-state index in [1.54, 1.807) is 4.57 Å². The van der Waals surface area contributed by atoms with Gasteiger partial charge in [-0.15, -0.1) is 0 Å². The largest absolute Gasteiger partial charge is 0.469 e. The van der Waals surface area contributed by atoms with E-state index in [0.717, 1.165) is 0 Å². The second-order valence-corrected chi connectivity index (χ2v) is 6.18. The van der Waals surface area contributed by atoms with Gasteiger partial charge in [0.2, 0.25) is 0 Å². The second kappa shape index (κ2) is 5.56. The number of hydrogen-bond acceptors (Lipinski definition) is 7. The average molecular weight is 329 g/mol. The number of ether oxygens (including phenoxy) is 1. The van der Waals surface area contributed by atoms with E-state index in [9.17, 15) is 4.57 Å². The van der Waals surface area contributed by atoms with Crippen LogP contribution in [-0.2, 0) is 13.8 Å². The molecule has 3 unspecified atom stereocenters. The molecule has 1 aliphatic rings. The third-order valence-corrected chi connectivity index (χ3v) is 4.10. The molecule has 0 bridgehead atoms. The van der Waals surface area contributed by atoms with Gasteiger partial charge in [-0.2, -0.15) is 0 Å². The number of nitrogens with two attached hydrogens (primary N) is 1. The molecule has 3 heterocycles. The molecular weight excluding hydrogens is 313 g/mol. The third-order valence-electron chi connectivity index (χ3n) is 3.55. The fraction of sp³-hybridized carbons (Fsp3) is 0.545. The lowest BCUT2D eigenvalue weighted by Crippen LogP contribution is -2.22. The number of phosphoric acid groups is 1. The average Bonchev–Trinajstić information content (AvgIpc) is 3.01. The van der Waals surface area contributed by atoms with Gasteiger partial charge in [-0.05, 0) is 6.42 Å². The van der Waals surface area contributed by atoms with Crippen LogP contribution in [0.5, 0.6) is 0 Å². The topological polar surface area (TPSA) is 146 Å². The fourth-order valence-corrected chi connectivity index (χ4v) is 3.18. The highest BCUT2D eigenvalue weighted by molar-refractivity contribution is 7.46. The quantitative estimate of drug-likeness (QED) is 0.685. The van der Waals surface area contributed by atoms with E-state index in [-0.39, 0.29) is 12.2 Å². The van der Waals surface area contributed by atoms with Crippen LogP contribution in [-0.4, -0.2) is 41.5 Å². The zero-order chi connectivity index (χ0) is 15.9. The minimum Gasteiger partial charge on any atom is -0.382 e. The summed E-state index contributed by atoms with van der Waals surface area (Å²) >= 11 is 0. The van der Waals surface area contributed by atoms with Gasteiger partial charge in [0.25, 0.3) is 0 Å². The lowest BCUT2D eigenvalue weighted by Gasteiger charge is -2.17. The molecule has 1 fully saturated rings. The van der Waals surface area contributed by atoms with Crippen molar-refractivity contribution in [2.75, 3.05) is 5.73 Å². The van der Waals surface area contributed by atoms with E-state index in [1.165, 1.54) is 12.7 Å². The van der Waals surface area contributed by atoms with Crippen LogP contribution in [0, 0.1) is 0 Å². The van der Waals surface area contributed by atoms with Gasteiger partial charge in [-0.3, -0.25) is 9.09 Å². The highest BCUT2D eigenvalue weighted by atomic mass is 31.2. The number of hydrogen-bond donors (Lipinski definition) is 3. The van der Waals surface area contributed by atoms with Crippen LogP contribution in [0.4, 0.5) is 5.82 Å². The lowest BCUT2D eigenvalue weighted by molar-refractivity contribution is -0.0181. The molecule has 0 spiro atoms. The van der Waals surface area contributed by atoms with Crippen LogP contribution in [0.25, 0.3) is 11.2 Å². The van der Waals surface area contributed by atoms with E-state index >= 15 is 0 Å². The number of imidazole rings is 1. The molecule has 3 rings (SSSR count).